The molecule has 2 heteroatoms. The average Bonchev–Trinajstić information content (AvgIpc) is 2.48. The molecule has 0 radical (unpaired) electrons. The van der Waals surface area contributed by atoms with Gasteiger partial charge in [0.1, 0.15) is 5.82 Å². The van der Waals surface area contributed by atoms with E-state index >= 15 is 0 Å². The van der Waals surface area contributed by atoms with Gasteiger partial charge in [-0.05, 0) is 56.0 Å². The fourth-order valence-corrected chi connectivity index (χ4v) is 2.24. The van der Waals surface area contributed by atoms with E-state index in [0.717, 1.165) is 25.8 Å². The van der Waals surface area contributed by atoms with Crippen molar-refractivity contribution in [1.29, 1.82) is 0 Å². The molecule has 2 aromatic rings. The minimum atomic E-state index is -0.169. The number of hydrogen-bond donors (Lipinski definition) is 1. The summed E-state index contributed by atoms with van der Waals surface area (Å²) >= 11 is 0. The second-order valence-electron chi connectivity index (χ2n) is 5.26. The molecule has 0 amide bonds. The molecule has 2 rings (SSSR count). The van der Waals surface area contributed by atoms with Crippen LogP contribution in [0.1, 0.15) is 24.5 Å². The Bertz CT molecular complexity index is 493. The van der Waals surface area contributed by atoms with Crippen LogP contribution in [-0.4, -0.2) is 12.6 Å². The molecule has 0 saturated carbocycles. The lowest BCUT2D eigenvalue weighted by atomic mass is 10.1. The predicted molar refractivity (Wildman–Crippen MR) is 82.3 cm³/mol. The van der Waals surface area contributed by atoms with Crippen LogP contribution in [0.15, 0.2) is 54.6 Å². The smallest absolute Gasteiger partial charge is 0.123 e. The Labute approximate surface area is 120 Å². The van der Waals surface area contributed by atoms with Crippen molar-refractivity contribution in [3.8, 4) is 0 Å². The largest absolute Gasteiger partial charge is 0.314 e. The fraction of sp³-hybridized carbons (Fsp3) is 0.333. The maximum Gasteiger partial charge on any atom is 0.123 e. The van der Waals surface area contributed by atoms with E-state index in [4.69, 9.17) is 0 Å². The molecule has 106 valence electrons. The van der Waals surface area contributed by atoms with E-state index in [1.165, 1.54) is 23.3 Å². The minimum absolute atomic E-state index is 0.169. The molecule has 0 heterocycles. The van der Waals surface area contributed by atoms with Gasteiger partial charge in [-0.2, -0.15) is 0 Å². The number of hydrogen-bond acceptors (Lipinski definition) is 1. The van der Waals surface area contributed by atoms with Gasteiger partial charge in [0.15, 0.2) is 0 Å². The Morgan fingerprint density at radius 3 is 2.25 bits per heavy atom. The van der Waals surface area contributed by atoms with Crippen LogP contribution in [0.3, 0.4) is 0 Å². The standard InChI is InChI=1S/C18H22FN/c1-15(7-8-16-5-3-2-4-6-16)20-14-13-17-9-11-18(19)12-10-17/h2-6,9-12,15,20H,7-8,13-14H2,1H3. The first kappa shape index (κ1) is 14.7. The van der Waals surface area contributed by atoms with E-state index in [2.05, 4.69) is 36.5 Å². The lowest BCUT2D eigenvalue weighted by Gasteiger charge is -2.13. The SMILES string of the molecule is CC(CCc1ccccc1)NCCc1ccc(F)cc1. The van der Waals surface area contributed by atoms with Crippen LogP contribution >= 0.6 is 0 Å². The van der Waals surface area contributed by atoms with Crippen LogP contribution in [0, 0.1) is 5.82 Å². The third-order valence-corrected chi connectivity index (χ3v) is 3.53. The summed E-state index contributed by atoms with van der Waals surface area (Å²) in [5.74, 6) is -0.169. The molecule has 2 aromatic carbocycles. The van der Waals surface area contributed by atoms with E-state index in [-0.39, 0.29) is 5.82 Å². The van der Waals surface area contributed by atoms with Gasteiger partial charge in [-0.1, -0.05) is 42.5 Å². The molecule has 0 saturated heterocycles. The molecule has 20 heavy (non-hydrogen) atoms. The Morgan fingerprint density at radius 1 is 0.900 bits per heavy atom. The summed E-state index contributed by atoms with van der Waals surface area (Å²) in [6.45, 7) is 3.15. The fourth-order valence-electron chi connectivity index (χ4n) is 2.24. The van der Waals surface area contributed by atoms with Crippen LogP contribution in [0.2, 0.25) is 0 Å². The summed E-state index contributed by atoms with van der Waals surface area (Å²) in [5, 5.41) is 3.52. The highest BCUT2D eigenvalue weighted by Gasteiger charge is 2.02. The third kappa shape index (κ3) is 5.14. The highest BCUT2D eigenvalue weighted by Crippen LogP contribution is 2.06. The zero-order chi connectivity index (χ0) is 14.2. The van der Waals surface area contributed by atoms with Crippen molar-refractivity contribution in [3.05, 3.63) is 71.5 Å². The van der Waals surface area contributed by atoms with Crippen molar-refractivity contribution in [2.24, 2.45) is 0 Å². The number of aryl methyl sites for hydroxylation is 1. The van der Waals surface area contributed by atoms with Crippen LogP contribution in [0.25, 0.3) is 0 Å². The van der Waals surface area contributed by atoms with E-state index in [9.17, 15) is 4.39 Å². The molecule has 1 atom stereocenters. The number of rotatable bonds is 7. The molecule has 0 aliphatic rings. The molecule has 0 bridgehead atoms. The number of nitrogens with one attached hydrogen (secondary N) is 1. The molecular weight excluding hydrogens is 249 g/mol. The topological polar surface area (TPSA) is 12.0 Å². The van der Waals surface area contributed by atoms with Gasteiger partial charge in [0.2, 0.25) is 0 Å². The van der Waals surface area contributed by atoms with Gasteiger partial charge in [-0.25, -0.2) is 4.39 Å². The number of halogens is 1. The molecule has 0 aliphatic carbocycles. The molecule has 1 N–H and O–H groups in total. The van der Waals surface area contributed by atoms with Gasteiger partial charge in [-0.3, -0.25) is 0 Å². The summed E-state index contributed by atoms with van der Waals surface area (Å²) < 4.78 is 12.8. The van der Waals surface area contributed by atoms with Crippen LogP contribution in [0.5, 0.6) is 0 Å². The van der Waals surface area contributed by atoms with Gasteiger partial charge >= 0.3 is 0 Å². The summed E-state index contributed by atoms with van der Waals surface area (Å²) in [5.41, 5.74) is 2.56. The van der Waals surface area contributed by atoms with Crippen LogP contribution < -0.4 is 5.32 Å². The quantitative estimate of drug-likeness (QED) is 0.803. The second kappa shape index (κ2) is 7.81. The lowest BCUT2D eigenvalue weighted by molar-refractivity contribution is 0.517. The van der Waals surface area contributed by atoms with Crippen molar-refractivity contribution < 1.29 is 4.39 Å². The van der Waals surface area contributed by atoms with Gasteiger partial charge in [0.25, 0.3) is 0 Å². The Balaban J connectivity index is 1.65. The van der Waals surface area contributed by atoms with E-state index in [1.54, 1.807) is 0 Å². The highest BCUT2D eigenvalue weighted by atomic mass is 19.1. The highest BCUT2D eigenvalue weighted by molar-refractivity contribution is 5.16. The van der Waals surface area contributed by atoms with E-state index in [0.29, 0.717) is 6.04 Å². The van der Waals surface area contributed by atoms with Gasteiger partial charge in [0.05, 0.1) is 0 Å². The van der Waals surface area contributed by atoms with Crippen LogP contribution in [-0.2, 0) is 12.8 Å². The monoisotopic (exact) mass is 271 g/mol. The van der Waals surface area contributed by atoms with E-state index < -0.39 is 0 Å². The lowest BCUT2D eigenvalue weighted by Crippen LogP contribution is -2.28. The molecule has 1 nitrogen and oxygen atoms in total. The zero-order valence-corrected chi connectivity index (χ0v) is 12.0. The van der Waals surface area contributed by atoms with Crippen molar-refractivity contribution in [2.75, 3.05) is 6.54 Å². The minimum Gasteiger partial charge on any atom is -0.314 e. The van der Waals surface area contributed by atoms with Crippen molar-refractivity contribution in [3.63, 3.8) is 0 Å². The third-order valence-electron chi connectivity index (χ3n) is 3.53. The first-order chi connectivity index (χ1) is 9.74. The maximum atomic E-state index is 12.8. The van der Waals surface area contributed by atoms with Gasteiger partial charge < -0.3 is 5.32 Å². The first-order valence-corrected chi connectivity index (χ1v) is 7.26. The van der Waals surface area contributed by atoms with Crippen LogP contribution in [0.4, 0.5) is 4.39 Å². The van der Waals surface area contributed by atoms with Crippen molar-refractivity contribution in [2.45, 2.75) is 32.2 Å². The molecule has 0 fully saturated rings. The predicted octanol–water partition coefficient (Wildman–Crippen LogP) is 3.98. The van der Waals surface area contributed by atoms with Crippen molar-refractivity contribution >= 4 is 0 Å². The molecule has 1 unspecified atom stereocenters. The number of benzene rings is 2. The van der Waals surface area contributed by atoms with E-state index in [1.807, 2.05) is 18.2 Å². The average molecular weight is 271 g/mol. The second-order valence-corrected chi connectivity index (χ2v) is 5.26. The summed E-state index contributed by atoms with van der Waals surface area (Å²) in [7, 11) is 0. The molecule has 0 aromatic heterocycles. The summed E-state index contributed by atoms with van der Waals surface area (Å²) in [6.07, 6.45) is 3.18. The maximum absolute atomic E-state index is 12.8. The normalized spacial score (nSPS) is 12.3. The summed E-state index contributed by atoms with van der Waals surface area (Å²) in [6, 6.07) is 17.8. The Hall–Kier alpha value is -1.67. The first-order valence-electron chi connectivity index (χ1n) is 7.26. The Morgan fingerprint density at radius 2 is 1.55 bits per heavy atom. The summed E-state index contributed by atoms with van der Waals surface area (Å²) in [4.78, 5) is 0. The molecule has 0 spiro atoms. The Kier molecular flexibility index (Phi) is 5.75. The van der Waals surface area contributed by atoms with Crippen molar-refractivity contribution in [1.82, 2.24) is 5.32 Å². The van der Waals surface area contributed by atoms with Gasteiger partial charge in [-0.15, -0.1) is 0 Å². The molecular formula is C18H22FN. The van der Waals surface area contributed by atoms with Gasteiger partial charge in [0, 0.05) is 6.04 Å². The molecule has 0 aliphatic heterocycles. The zero-order valence-electron chi connectivity index (χ0n) is 12.0.